The molecule has 0 spiro atoms. The fourth-order valence-corrected chi connectivity index (χ4v) is 0.574. The van der Waals surface area contributed by atoms with Crippen LogP contribution in [0, 0.1) is 0 Å². The molecular weight excluding hydrogens is 178 g/mol. The first-order valence-corrected chi connectivity index (χ1v) is 3.81. The van der Waals surface area contributed by atoms with Crippen molar-refractivity contribution < 1.29 is 24.5 Å². The van der Waals surface area contributed by atoms with Crippen LogP contribution in [0.4, 0.5) is 0 Å². The summed E-state index contributed by atoms with van der Waals surface area (Å²) in [6.07, 6.45) is -0.855. The van der Waals surface area contributed by atoms with Crippen molar-refractivity contribution in [1.82, 2.24) is 5.32 Å². The monoisotopic (exact) mass is 191 g/mol. The number of nitrogens with one attached hydrogen (secondary N) is 1. The molecule has 76 valence electrons. The molecule has 0 amide bonds. The summed E-state index contributed by atoms with van der Waals surface area (Å²) < 4.78 is 4.83. The Morgan fingerprint density at radius 3 is 2.54 bits per heavy atom. The van der Waals surface area contributed by atoms with E-state index in [1.165, 1.54) is 6.92 Å². The van der Waals surface area contributed by atoms with Crippen molar-refractivity contribution in [1.29, 1.82) is 0 Å². The average Bonchev–Trinajstić information content (AvgIpc) is 2.02. The minimum Gasteiger partial charge on any atom is -0.480 e. The Morgan fingerprint density at radius 2 is 2.08 bits per heavy atom. The molecule has 0 rings (SSSR count). The standard InChI is InChI=1S/C7H13NO5/c1-5(7(11)12)13-3-2-8-4-6(9)10/h5,8H,2-4H2,1H3,(H,9,10)(H,11,12). The number of aliphatic carboxylic acids is 2. The summed E-state index contributed by atoms with van der Waals surface area (Å²) in [6, 6.07) is 0. The molecule has 0 saturated carbocycles. The summed E-state index contributed by atoms with van der Waals surface area (Å²) in [4.78, 5) is 20.2. The highest BCUT2D eigenvalue weighted by atomic mass is 16.5. The number of ether oxygens (including phenoxy) is 1. The second kappa shape index (κ2) is 6.38. The fraction of sp³-hybridized carbons (Fsp3) is 0.714. The van der Waals surface area contributed by atoms with Gasteiger partial charge in [0.2, 0.25) is 0 Å². The van der Waals surface area contributed by atoms with Crippen LogP contribution >= 0.6 is 0 Å². The molecule has 0 fully saturated rings. The van der Waals surface area contributed by atoms with Gasteiger partial charge in [-0.15, -0.1) is 0 Å². The molecule has 0 aliphatic carbocycles. The molecule has 0 aliphatic rings. The summed E-state index contributed by atoms with van der Waals surface area (Å²) in [7, 11) is 0. The van der Waals surface area contributed by atoms with Gasteiger partial charge < -0.3 is 20.3 Å². The summed E-state index contributed by atoms with van der Waals surface area (Å²) in [5.74, 6) is -1.98. The van der Waals surface area contributed by atoms with Gasteiger partial charge in [-0.3, -0.25) is 4.79 Å². The van der Waals surface area contributed by atoms with Crippen molar-refractivity contribution in [2.24, 2.45) is 0 Å². The van der Waals surface area contributed by atoms with E-state index in [1.54, 1.807) is 0 Å². The normalized spacial score (nSPS) is 12.4. The highest BCUT2D eigenvalue weighted by Gasteiger charge is 2.09. The van der Waals surface area contributed by atoms with Gasteiger partial charge in [0.25, 0.3) is 0 Å². The highest BCUT2D eigenvalue weighted by Crippen LogP contribution is 1.88. The van der Waals surface area contributed by atoms with Crippen molar-refractivity contribution in [2.45, 2.75) is 13.0 Å². The molecule has 0 bridgehead atoms. The van der Waals surface area contributed by atoms with Crippen LogP contribution in [-0.2, 0) is 14.3 Å². The van der Waals surface area contributed by atoms with E-state index in [1.807, 2.05) is 0 Å². The molecule has 0 aromatic carbocycles. The van der Waals surface area contributed by atoms with Gasteiger partial charge in [0.05, 0.1) is 13.2 Å². The summed E-state index contributed by atoms with van der Waals surface area (Å²) in [6.45, 7) is 1.77. The van der Waals surface area contributed by atoms with E-state index in [2.05, 4.69) is 5.32 Å². The molecule has 0 aromatic rings. The number of carboxylic acid groups (broad SMARTS) is 2. The molecule has 1 atom stereocenters. The lowest BCUT2D eigenvalue weighted by Crippen LogP contribution is -2.29. The minimum atomic E-state index is -1.03. The zero-order valence-electron chi connectivity index (χ0n) is 7.32. The average molecular weight is 191 g/mol. The molecule has 0 radical (unpaired) electrons. The summed E-state index contributed by atoms with van der Waals surface area (Å²) >= 11 is 0. The molecule has 3 N–H and O–H groups in total. The maximum Gasteiger partial charge on any atom is 0.332 e. The third-order valence-corrected chi connectivity index (χ3v) is 1.27. The molecule has 1 unspecified atom stereocenters. The Kier molecular flexibility index (Phi) is 5.82. The third kappa shape index (κ3) is 7.23. The van der Waals surface area contributed by atoms with Gasteiger partial charge in [-0.1, -0.05) is 0 Å². The van der Waals surface area contributed by atoms with Crippen LogP contribution in [-0.4, -0.2) is 48.0 Å². The van der Waals surface area contributed by atoms with Gasteiger partial charge in [-0.2, -0.15) is 0 Å². The molecule has 0 saturated heterocycles. The van der Waals surface area contributed by atoms with Gasteiger partial charge in [-0.05, 0) is 6.92 Å². The van der Waals surface area contributed by atoms with Crippen molar-refractivity contribution in [3.8, 4) is 0 Å². The van der Waals surface area contributed by atoms with Gasteiger partial charge in [0.15, 0.2) is 6.10 Å². The maximum atomic E-state index is 10.2. The van der Waals surface area contributed by atoms with E-state index in [0.717, 1.165) is 0 Å². The lowest BCUT2D eigenvalue weighted by atomic mass is 10.4. The van der Waals surface area contributed by atoms with E-state index >= 15 is 0 Å². The van der Waals surface area contributed by atoms with E-state index in [0.29, 0.717) is 6.54 Å². The molecule has 13 heavy (non-hydrogen) atoms. The van der Waals surface area contributed by atoms with Crippen LogP contribution in [0.2, 0.25) is 0 Å². The lowest BCUT2D eigenvalue weighted by molar-refractivity contribution is -0.149. The third-order valence-electron chi connectivity index (χ3n) is 1.27. The van der Waals surface area contributed by atoms with Crippen LogP contribution in [0.3, 0.4) is 0 Å². The van der Waals surface area contributed by atoms with Crippen molar-refractivity contribution >= 4 is 11.9 Å². The predicted molar refractivity (Wildman–Crippen MR) is 43.6 cm³/mol. The van der Waals surface area contributed by atoms with Crippen LogP contribution in [0.1, 0.15) is 6.92 Å². The van der Waals surface area contributed by atoms with Crippen LogP contribution < -0.4 is 5.32 Å². The Bertz CT molecular complexity index is 182. The minimum absolute atomic E-state index is 0.148. The van der Waals surface area contributed by atoms with Crippen LogP contribution in [0.15, 0.2) is 0 Å². The smallest absolute Gasteiger partial charge is 0.332 e. The first-order valence-electron chi connectivity index (χ1n) is 3.81. The zero-order valence-corrected chi connectivity index (χ0v) is 7.32. The summed E-state index contributed by atoms with van der Waals surface area (Å²) in [5, 5.41) is 19.2. The van der Waals surface area contributed by atoms with E-state index in [-0.39, 0.29) is 13.2 Å². The van der Waals surface area contributed by atoms with E-state index in [4.69, 9.17) is 14.9 Å². The van der Waals surface area contributed by atoms with E-state index in [9.17, 15) is 9.59 Å². The van der Waals surface area contributed by atoms with E-state index < -0.39 is 18.0 Å². The molecule has 0 heterocycles. The number of hydrogen-bond donors (Lipinski definition) is 3. The van der Waals surface area contributed by atoms with Crippen molar-refractivity contribution in [3.05, 3.63) is 0 Å². The number of carbonyl (C=O) groups is 2. The molecule has 0 aromatic heterocycles. The van der Waals surface area contributed by atoms with Crippen LogP contribution in [0.25, 0.3) is 0 Å². The summed E-state index contributed by atoms with van der Waals surface area (Å²) in [5.41, 5.74) is 0. The quantitative estimate of drug-likeness (QED) is 0.454. The largest absolute Gasteiger partial charge is 0.480 e. The maximum absolute atomic E-state index is 10.2. The zero-order chi connectivity index (χ0) is 10.3. The molecule has 0 aliphatic heterocycles. The van der Waals surface area contributed by atoms with Crippen LogP contribution in [0.5, 0.6) is 0 Å². The van der Waals surface area contributed by atoms with Gasteiger partial charge in [-0.25, -0.2) is 4.79 Å². The predicted octanol–water partition coefficient (Wildman–Crippen LogP) is -0.850. The van der Waals surface area contributed by atoms with Gasteiger partial charge in [0, 0.05) is 6.54 Å². The molecule has 6 nitrogen and oxygen atoms in total. The Morgan fingerprint density at radius 1 is 1.46 bits per heavy atom. The lowest BCUT2D eigenvalue weighted by Gasteiger charge is -2.07. The SMILES string of the molecule is CC(OCCNCC(=O)O)C(=O)O. The highest BCUT2D eigenvalue weighted by molar-refractivity contribution is 5.71. The second-order valence-electron chi connectivity index (χ2n) is 2.42. The molecular formula is C7H13NO5. The van der Waals surface area contributed by atoms with Crippen molar-refractivity contribution in [2.75, 3.05) is 19.7 Å². The Hall–Kier alpha value is -1.14. The number of hydrogen-bond acceptors (Lipinski definition) is 4. The fourth-order valence-electron chi connectivity index (χ4n) is 0.574. The molecule has 6 heteroatoms. The van der Waals surface area contributed by atoms with Gasteiger partial charge >= 0.3 is 11.9 Å². The Balaban J connectivity index is 3.26. The first-order chi connectivity index (χ1) is 6.04. The number of rotatable bonds is 7. The van der Waals surface area contributed by atoms with Crippen molar-refractivity contribution in [3.63, 3.8) is 0 Å². The Labute approximate surface area is 75.5 Å². The topological polar surface area (TPSA) is 95.9 Å². The number of carboxylic acids is 2. The van der Waals surface area contributed by atoms with Gasteiger partial charge in [0.1, 0.15) is 0 Å². The first kappa shape index (κ1) is 11.9. The second-order valence-corrected chi connectivity index (χ2v) is 2.42.